The minimum Gasteiger partial charge on any atom is -0.353 e. The molecule has 0 bridgehead atoms. The Balaban J connectivity index is 0.000000122. The zero-order valence-electron chi connectivity index (χ0n) is 19.3. The van der Waals surface area contributed by atoms with Gasteiger partial charge in [-0.1, -0.05) is 60.7 Å². The summed E-state index contributed by atoms with van der Waals surface area (Å²) in [4.78, 5) is 22.5. The predicted molar refractivity (Wildman–Crippen MR) is 147 cm³/mol. The first-order valence-corrected chi connectivity index (χ1v) is 11.9. The number of fused-ring (bicyclic) bond motifs is 4. The summed E-state index contributed by atoms with van der Waals surface area (Å²) in [5, 5.41) is 2.48. The SMILES string of the molecule is c1ccc2[nH]c(-c3cc4ccccc4[nH]3)cc2c1.c1ccc2[nH]c(-c3nc4ccccc4[nH]3)nc2c1. The summed E-state index contributed by atoms with van der Waals surface area (Å²) in [6.07, 6.45) is 0. The van der Waals surface area contributed by atoms with Gasteiger partial charge in [0.2, 0.25) is 0 Å². The number of imidazole rings is 2. The second kappa shape index (κ2) is 8.29. The molecule has 0 aliphatic heterocycles. The van der Waals surface area contributed by atoms with E-state index in [9.17, 15) is 0 Å². The molecule has 4 heterocycles. The van der Waals surface area contributed by atoms with Crippen LogP contribution >= 0.6 is 0 Å². The monoisotopic (exact) mass is 466 g/mol. The number of hydrogen-bond acceptors (Lipinski definition) is 2. The van der Waals surface area contributed by atoms with Gasteiger partial charge in [-0.15, -0.1) is 0 Å². The molecule has 4 aromatic carbocycles. The number of hydrogen-bond donors (Lipinski definition) is 4. The maximum absolute atomic E-state index is 4.53. The van der Waals surface area contributed by atoms with Crippen LogP contribution in [0.5, 0.6) is 0 Å². The van der Waals surface area contributed by atoms with Gasteiger partial charge in [-0.25, -0.2) is 9.97 Å². The average Bonchev–Trinajstić information content (AvgIpc) is 3.70. The zero-order valence-corrected chi connectivity index (χ0v) is 19.3. The van der Waals surface area contributed by atoms with E-state index in [-0.39, 0.29) is 0 Å². The predicted octanol–water partition coefficient (Wildman–Crippen LogP) is 7.42. The highest BCUT2D eigenvalue weighted by molar-refractivity contribution is 5.90. The Morgan fingerprint density at radius 3 is 1.19 bits per heavy atom. The average molecular weight is 467 g/mol. The maximum Gasteiger partial charge on any atom is 0.174 e. The summed E-state index contributed by atoms with van der Waals surface area (Å²) >= 11 is 0. The van der Waals surface area contributed by atoms with Crippen LogP contribution in [0.1, 0.15) is 0 Å². The summed E-state index contributed by atoms with van der Waals surface area (Å²) < 4.78 is 0. The number of nitrogens with zero attached hydrogens (tertiary/aromatic N) is 2. The third kappa shape index (κ3) is 3.61. The Kier molecular flexibility index (Phi) is 4.67. The molecule has 0 amide bonds. The number of aromatic nitrogens is 6. The number of para-hydroxylation sites is 6. The molecular formula is C30H22N6. The quantitative estimate of drug-likeness (QED) is 0.213. The highest BCUT2D eigenvalue weighted by atomic mass is 15.0. The number of aromatic amines is 4. The van der Waals surface area contributed by atoms with Crippen molar-refractivity contribution >= 4 is 43.9 Å². The van der Waals surface area contributed by atoms with Crippen LogP contribution in [-0.4, -0.2) is 29.9 Å². The van der Waals surface area contributed by atoms with E-state index in [1.54, 1.807) is 0 Å². The molecule has 0 radical (unpaired) electrons. The van der Waals surface area contributed by atoms with Crippen LogP contribution in [0.4, 0.5) is 0 Å². The molecule has 0 saturated carbocycles. The van der Waals surface area contributed by atoms with Crippen molar-refractivity contribution < 1.29 is 0 Å². The highest BCUT2D eigenvalue weighted by Gasteiger charge is 2.09. The van der Waals surface area contributed by atoms with Crippen LogP contribution in [0.15, 0.2) is 109 Å². The third-order valence-electron chi connectivity index (χ3n) is 6.35. The van der Waals surface area contributed by atoms with Crippen molar-refractivity contribution in [1.82, 2.24) is 29.9 Å². The van der Waals surface area contributed by atoms with Crippen LogP contribution in [0.25, 0.3) is 66.9 Å². The lowest BCUT2D eigenvalue weighted by atomic mass is 10.2. The molecule has 36 heavy (non-hydrogen) atoms. The van der Waals surface area contributed by atoms with Crippen LogP contribution in [0.2, 0.25) is 0 Å². The standard InChI is InChI=1S/C16H12N2.C14H10N4/c1-3-7-13-11(5-1)9-15(17-13)16-10-12-6-2-4-8-14(12)18-16;1-2-6-10-9(5-1)15-13(16-10)14-17-11-7-3-4-8-12(11)18-14/h1-10,17-18H;1-8H,(H,15,16)(H,17,18). The van der Waals surface area contributed by atoms with Gasteiger partial charge in [-0.2, -0.15) is 0 Å². The van der Waals surface area contributed by atoms with Gasteiger partial charge < -0.3 is 19.9 Å². The second-order valence-corrected chi connectivity index (χ2v) is 8.75. The fourth-order valence-electron chi connectivity index (χ4n) is 4.57. The minimum atomic E-state index is 0.771. The number of benzene rings is 4. The van der Waals surface area contributed by atoms with E-state index in [4.69, 9.17) is 0 Å². The van der Waals surface area contributed by atoms with Crippen LogP contribution in [-0.2, 0) is 0 Å². The van der Waals surface area contributed by atoms with Gasteiger partial charge in [0, 0.05) is 21.8 Å². The molecule has 0 fully saturated rings. The van der Waals surface area contributed by atoms with Gasteiger partial charge in [-0.05, 0) is 48.5 Å². The van der Waals surface area contributed by atoms with Gasteiger partial charge in [0.15, 0.2) is 11.6 Å². The van der Waals surface area contributed by atoms with Crippen molar-refractivity contribution in [3.8, 4) is 23.0 Å². The van der Waals surface area contributed by atoms with E-state index in [2.05, 4.69) is 78.4 Å². The molecule has 0 aliphatic carbocycles. The van der Waals surface area contributed by atoms with E-state index < -0.39 is 0 Å². The molecule has 8 rings (SSSR count). The van der Waals surface area contributed by atoms with Crippen molar-refractivity contribution in [2.45, 2.75) is 0 Å². The smallest absolute Gasteiger partial charge is 0.174 e. The number of rotatable bonds is 2. The van der Waals surface area contributed by atoms with Crippen LogP contribution in [0, 0.1) is 0 Å². The lowest BCUT2D eigenvalue weighted by Gasteiger charge is -1.90. The normalized spacial score (nSPS) is 11.3. The van der Waals surface area contributed by atoms with E-state index in [1.165, 1.54) is 21.8 Å². The molecule has 4 N–H and O–H groups in total. The lowest BCUT2D eigenvalue weighted by Crippen LogP contribution is -1.81. The molecular weight excluding hydrogens is 444 g/mol. The Labute approximate surface area is 206 Å². The van der Waals surface area contributed by atoms with Crippen molar-refractivity contribution in [3.05, 3.63) is 109 Å². The topological polar surface area (TPSA) is 88.9 Å². The number of H-pyrrole nitrogens is 4. The van der Waals surface area contributed by atoms with E-state index in [1.807, 2.05) is 60.7 Å². The first-order valence-electron chi connectivity index (χ1n) is 11.9. The molecule has 0 unspecified atom stereocenters. The molecule has 172 valence electrons. The van der Waals surface area contributed by atoms with Gasteiger partial charge in [0.05, 0.1) is 33.5 Å². The van der Waals surface area contributed by atoms with Gasteiger partial charge >= 0.3 is 0 Å². The molecule has 0 aliphatic rings. The van der Waals surface area contributed by atoms with Gasteiger partial charge in [-0.3, -0.25) is 0 Å². The molecule has 0 atom stereocenters. The third-order valence-corrected chi connectivity index (χ3v) is 6.35. The van der Waals surface area contributed by atoms with E-state index >= 15 is 0 Å². The fraction of sp³-hybridized carbons (Fsp3) is 0. The van der Waals surface area contributed by atoms with Gasteiger partial charge in [0.25, 0.3) is 0 Å². The fourth-order valence-corrected chi connectivity index (χ4v) is 4.57. The highest BCUT2D eigenvalue weighted by Crippen LogP contribution is 2.26. The number of nitrogens with one attached hydrogen (secondary N) is 4. The Morgan fingerprint density at radius 1 is 0.389 bits per heavy atom. The Bertz CT molecular complexity index is 1550. The maximum atomic E-state index is 4.53. The summed E-state index contributed by atoms with van der Waals surface area (Å²) in [6.45, 7) is 0. The molecule has 6 heteroatoms. The van der Waals surface area contributed by atoms with Crippen LogP contribution in [0.3, 0.4) is 0 Å². The summed E-state index contributed by atoms with van der Waals surface area (Å²) in [5.74, 6) is 1.54. The Morgan fingerprint density at radius 2 is 0.778 bits per heavy atom. The molecule has 4 aromatic heterocycles. The van der Waals surface area contributed by atoms with Crippen molar-refractivity contribution in [1.29, 1.82) is 0 Å². The lowest BCUT2D eigenvalue weighted by molar-refractivity contribution is 1.22. The van der Waals surface area contributed by atoms with E-state index in [0.29, 0.717) is 0 Å². The molecule has 0 saturated heterocycles. The van der Waals surface area contributed by atoms with Crippen molar-refractivity contribution in [2.75, 3.05) is 0 Å². The van der Waals surface area contributed by atoms with Gasteiger partial charge in [0.1, 0.15) is 0 Å². The largest absolute Gasteiger partial charge is 0.353 e. The summed E-state index contributed by atoms with van der Waals surface area (Å²) in [5.41, 5.74) is 8.55. The minimum absolute atomic E-state index is 0.771. The van der Waals surface area contributed by atoms with Crippen molar-refractivity contribution in [3.63, 3.8) is 0 Å². The molecule has 8 aromatic rings. The Hall–Kier alpha value is -5.10. The van der Waals surface area contributed by atoms with Crippen LogP contribution < -0.4 is 0 Å². The van der Waals surface area contributed by atoms with Crippen molar-refractivity contribution in [2.24, 2.45) is 0 Å². The molecule has 0 spiro atoms. The molecule has 6 nitrogen and oxygen atoms in total. The summed E-state index contributed by atoms with van der Waals surface area (Å²) in [6, 6.07) is 36.9. The first-order chi connectivity index (χ1) is 17.8. The first kappa shape index (κ1) is 20.3. The zero-order chi connectivity index (χ0) is 23.9. The second-order valence-electron chi connectivity index (χ2n) is 8.75. The van der Waals surface area contributed by atoms with E-state index in [0.717, 1.165) is 45.1 Å². The summed E-state index contributed by atoms with van der Waals surface area (Å²) in [7, 11) is 0.